The average Bonchev–Trinajstić information content (AvgIpc) is 3.50. The van der Waals surface area contributed by atoms with Crippen LogP contribution in [0.1, 0.15) is 41.6 Å². The van der Waals surface area contributed by atoms with Crippen molar-refractivity contribution in [3.63, 3.8) is 0 Å². The Kier molecular flexibility index (Phi) is 11.6. The molecule has 51 heavy (non-hydrogen) atoms. The molecule has 7 aromatic rings. The van der Waals surface area contributed by atoms with E-state index < -0.39 is 14.4 Å². The number of pyridine rings is 2. The standard InChI is InChI=1S/C27H22NS.C18H23FNSi.Ir/c1-18(2)15-19-13-14-28-25(16-19)23-10-6-9-22-24-17-21(20-7-4-3-5-8-20)11-12-26(24)29-27(22)23;1-13(2)10-15-11-17(14-6-8-16(19)9-7-14)20-12-18(15)21(3,4)5;/h3-9,11-14,16-18H,15H2,1-2H3;6,8-9,11-13H,10H2,1-5H3;/q2*-1;/i;10D2;. The second kappa shape index (κ2) is 16.7. The minimum Gasteiger partial charge on any atom is -0.305 e. The Hall–Kier alpha value is -3.80. The maximum Gasteiger partial charge on any atom is 0.0798 e. The van der Waals surface area contributed by atoms with Crippen LogP contribution in [0.25, 0.3) is 53.8 Å². The fourth-order valence-electron chi connectivity index (χ4n) is 6.15. The van der Waals surface area contributed by atoms with Crippen LogP contribution >= 0.6 is 11.3 Å². The Morgan fingerprint density at radius 1 is 0.804 bits per heavy atom. The molecular weight excluding hydrogens is 840 g/mol. The largest absolute Gasteiger partial charge is 0.305 e. The van der Waals surface area contributed by atoms with Gasteiger partial charge in [-0.15, -0.1) is 53.6 Å². The quantitative estimate of drug-likeness (QED) is 0.112. The molecule has 0 bridgehead atoms. The van der Waals surface area contributed by atoms with Crippen molar-refractivity contribution >= 4 is 44.8 Å². The number of aromatic nitrogens is 2. The summed E-state index contributed by atoms with van der Waals surface area (Å²) in [6, 6.07) is 38.4. The van der Waals surface area contributed by atoms with Crippen LogP contribution in [-0.4, -0.2) is 18.0 Å². The van der Waals surface area contributed by atoms with Gasteiger partial charge in [-0.25, -0.2) is 0 Å². The number of rotatable bonds is 8. The van der Waals surface area contributed by atoms with E-state index in [1.807, 2.05) is 43.5 Å². The Labute approximate surface area is 324 Å². The van der Waals surface area contributed by atoms with Crippen molar-refractivity contribution in [2.24, 2.45) is 11.8 Å². The third-order valence-corrected chi connectivity index (χ3v) is 11.7. The summed E-state index contributed by atoms with van der Waals surface area (Å²) < 4.78 is 32.7. The van der Waals surface area contributed by atoms with Crippen LogP contribution in [0.2, 0.25) is 19.6 Å². The second-order valence-corrected chi connectivity index (χ2v) is 20.6. The topological polar surface area (TPSA) is 25.8 Å². The molecule has 3 aromatic heterocycles. The van der Waals surface area contributed by atoms with Gasteiger partial charge in [-0.3, -0.25) is 4.39 Å². The first kappa shape index (κ1) is 35.6. The van der Waals surface area contributed by atoms with E-state index in [9.17, 15) is 4.39 Å². The Balaban J connectivity index is 0.000000207. The number of hydrogen-bond acceptors (Lipinski definition) is 3. The Morgan fingerprint density at radius 3 is 2.27 bits per heavy atom. The van der Waals surface area contributed by atoms with Crippen LogP contribution in [0.4, 0.5) is 4.39 Å². The predicted octanol–water partition coefficient (Wildman–Crippen LogP) is 12.2. The molecule has 0 unspecified atom stereocenters. The summed E-state index contributed by atoms with van der Waals surface area (Å²) in [6.45, 7) is 14.8. The fraction of sp³-hybridized carbons (Fsp3) is 0.244. The SMILES string of the molecule is CC(C)Cc1ccnc(-c2[c-]ccc3c2sc2ccc(-c4ccccc4)cc23)c1.[2H]C([2H])(c1cc(-c2[c-]cc(F)cc2)ncc1[Si](C)(C)C)C(C)C.[Ir]. The molecule has 0 N–H and O–H groups in total. The van der Waals surface area contributed by atoms with Gasteiger partial charge >= 0.3 is 0 Å². The first-order valence-electron chi connectivity index (χ1n) is 18.3. The number of fused-ring (bicyclic) bond motifs is 3. The van der Waals surface area contributed by atoms with E-state index in [0.29, 0.717) is 22.7 Å². The molecule has 6 heteroatoms. The van der Waals surface area contributed by atoms with Crippen LogP contribution in [-0.2, 0) is 32.9 Å². The summed E-state index contributed by atoms with van der Waals surface area (Å²) in [7, 11) is -1.74. The monoisotopic (exact) mass is 887 g/mol. The second-order valence-electron chi connectivity index (χ2n) is 14.5. The van der Waals surface area contributed by atoms with Gasteiger partial charge in [0, 0.05) is 45.8 Å². The van der Waals surface area contributed by atoms with Crippen molar-refractivity contribution in [1.82, 2.24) is 9.97 Å². The average molecular weight is 887 g/mol. The number of hydrogen-bond donors (Lipinski definition) is 0. The molecule has 1 radical (unpaired) electrons. The molecule has 0 spiro atoms. The Morgan fingerprint density at radius 2 is 1.59 bits per heavy atom. The van der Waals surface area contributed by atoms with Crippen LogP contribution in [0.15, 0.2) is 109 Å². The molecule has 2 nitrogen and oxygen atoms in total. The molecule has 0 saturated carbocycles. The van der Waals surface area contributed by atoms with Crippen LogP contribution in [0.5, 0.6) is 0 Å². The van der Waals surface area contributed by atoms with Crippen molar-refractivity contribution in [3.8, 4) is 33.6 Å². The zero-order valence-corrected chi connectivity index (χ0v) is 34.5. The summed E-state index contributed by atoms with van der Waals surface area (Å²) in [6.07, 6.45) is 3.36. The summed E-state index contributed by atoms with van der Waals surface area (Å²) in [4.78, 5) is 9.17. The maximum absolute atomic E-state index is 13.1. The van der Waals surface area contributed by atoms with E-state index in [-0.39, 0.29) is 31.8 Å². The molecule has 0 amide bonds. The molecular formula is C45H45FIrN2SSi-2. The minimum absolute atomic E-state index is 0. The summed E-state index contributed by atoms with van der Waals surface area (Å²) in [5, 5.41) is 3.62. The molecule has 4 aromatic carbocycles. The van der Waals surface area contributed by atoms with E-state index in [2.05, 4.69) is 122 Å². The van der Waals surface area contributed by atoms with E-state index >= 15 is 0 Å². The molecule has 0 fully saturated rings. The summed E-state index contributed by atoms with van der Waals surface area (Å²) in [5.74, 6) is 0.140. The van der Waals surface area contributed by atoms with Gasteiger partial charge in [-0.2, -0.15) is 11.3 Å². The fourth-order valence-corrected chi connectivity index (χ4v) is 8.74. The zero-order valence-electron chi connectivity index (χ0n) is 32.3. The van der Waals surface area contributed by atoms with Crippen molar-refractivity contribution in [3.05, 3.63) is 139 Å². The van der Waals surface area contributed by atoms with Crippen LogP contribution in [0.3, 0.4) is 0 Å². The molecule has 7 rings (SSSR count). The van der Waals surface area contributed by atoms with Gasteiger partial charge in [0.15, 0.2) is 0 Å². The van der Waals surface area contributed by atoms with Crippen molar-refractivity contribution in [1.29, 1.82) is 0 Å². The minimum atomic E-state index is -1.74. The van der Waals surface area contributed by atoms with E-state index in [1.165, 1.54) is 49.0 Å². The van der Waals surface area contributed by atoms with Crippen molar-refractivity contribution in [2.45, 2.75) is 60.1 Å². The molecule has 3 heterocycles. The first-order chi connectivity index (χ1) is 24.7. The number of halogens is 1. The molecule has 0 saturated heterocycles. The smallest absolute Gasteiger partial charge is 0.0798 e. The number of benzene rings is 4. The van der Waals surface area contributed by atoms with Gasteiger partial charge in [0.1, 0.15) is 0 Å². The van der Waals surface area contributed by atoms with Gasteiger partial charge in [0.25, 0.3) is 0 Å². The molecule has 0 aliphatic rings. The first-order valence-corrected chi connectivity index (χ1v) is 21.6. The normalized spacial score (nSPS) is 12.4. The zero-order chi connectivity index (χ0) is 37.2. The third-order valence-electron chi connectivity index (χ3n) is 8.47. The van der Waals surface area contributed by atoms with Crippen LogP contribution in [0, 0.1) is 29.8 Å². The molecule has 0 aliphatic carbocycles. The van der Waals surface area contributed by atoms with Gasteiger partial charge in [0.2, 0.25) is 0 Å². The van der Waals surface area contributed by atoms with Gasteiger partial charge in [-0.1, -0.05) is 112 Å². The van der Waals surface area contributed by atoms with Gasteiger partial charge in [-0.05, 0) is 80.6 Å². The van der Waals surface area contributed by atoms with Crippen molar-refractivity contribution in [2.75, 3.05) is 0 Å². The summed E-state index contributed by atoms with van der Waals surface area (Å²) in [5.41, 5.74) is 7.97. The van der Waals surface area contributed by atoms with Gasteiger partial charge in [0.05, 0.1) is 8.07 Å². The maximum atomic E-state index is 13.1. The summed E-state index contributed by atoms with van der Waals surface area (Å²) >= 11 is 1.84. The molecule has 0 aliphatic heterocycles. The van der Waals surface area contributed by atoms with Crippen molar-refractivity contribution < 1.29 is 27.2 Å². The van der Waals surface area contributed by atoms with Gasteiger partial charge < -0.3 is 9.97 Å². The van der Waals surface area contributed by atoms with E-state index in [0.717, 1.165) is 22.9 Å². The predicted molar refractivity (Wildman–Crippen MR) is 215 cm³/mol. The van der Waals surface area contributed by atoms with Crippen LogP contribution < -0.4 is 5.19 Å². The number of thiophene rings is 1. The van der Waals surface area contributed by atoms with E-state index in [4.69, 9.17) is 2.74 Å². The van der Waals surface area contributed by atoms with E-state index in [1.54, 1.807) is 12.3 Å². The third kappa shape index (κ3) is 9.36. The number of nitrogens with zero attached hydrogens (tertiary/aromatic N) is 2. The molecule has 263 valence electrons. The Bertz CT molecular complexity index is 2320. The molecule has 0 atom stereocenters.